The van der Waals surface area contributed by atoms with Gasteiger partial charge in [0.15, 0.2) is 0 Å². The fourth-order valence-electron chi connectivity index (χ4n) is 2.80. The predicted octanol–water partition coefficient (Wildman–Crippen LogP) is 1.54. The second kappa shape index (κ2) is 3.92. The summed E-state index contributed by atoms with van der Waals surface area (Å²) in [5.74, 6) is 3.32. The molecule has 2 unspecified atom stereocenters. The maximum absolute atomic E-state index is 5.12. The van der Waals surface area contributed by atoms with Gasteiger partial charge in [0.25, 0.3) is 0 Å². The monoisotopic (exact) mass is 218 g/mol. The van der Waals surface area contributed by atoms with Crippen molar-refractivity contribution in [3.05, 3.63) is 18.8 Å². The molecule has 0 spiro atoms. The summed E-state index contributed by atoms with van der Waals surface area (Å²) in [4.78, 5) is 10.7. The normalized spacial score (nSPS) is 28.2. The fraction of sp³-hybridized carbons (Fsp3) is 0.583. The van der Waals surface area contributed by atoms with Gasteiger partial charge in [0.1, 0.15) is 12.1 Å². The minimum atomic E-state index is 0.647. The van der Waals surface area contributed by atoms with E-state index in [-0.39, 0.29) is 0 Å². The van der Waals surface area contributed by atoms with Crippen LogP contribution in [0.5, 0.6) is 5.88 Å². The third-order valence-electron chi connectivity index (χ3n) is 3.68. The molecule has 85 valence electrons. The molecule has 2 fully saturated rings. The molecule has 0 aromatic carbocycles. The van der Waals surface area contributed by atoms with Crippen LogP contribution in [0.4, 0.5) is 5.82 Å². The molecule has 2 aliphatic rings. The maximum Gasteiger partial charge on any atom is 0.218 e. The minimum Gasteiger partial charge on any atom is -0.481 e. The van der Waals surface area contributed by atoms with E-state index < -0.39 is 0 Å². The van der Waals surface area contributed by atoms with Crippen molar-refractivity contribution in [3.8, 4) is 5.88 Å². The lowest BCUT2D eigenvalue weighted by atomic mass is 10.0. The average Bonchev–Trinajstić information content (AvgIpc) is 2.89. The van der Waals surface area contributed by atoms with Crippen LogP contribution in [-0.4, -0.2) is 30.2 Å². The van der Waals surface area contributed by atoms with Gasteiger partial charge in [-0.25, -0.2) is 9.97 Å². The molecule has 2 heterocycles. The number of hydrogen-bond donors (Lipinski definition) is 0. The smallest absolute Gasteiger partial charge is 0.218 e. The highest BCUT2D eigenvalue weighted by Crippen LogP contribution is 2.38. The van der Waals surface area contributed by atoms with E-state index in [4.69, 9.17) is 4.74 Å². The van der Waals surface area contributed by atoms with Crippen LogP contribution in [0.2, 0.25) is 0 Å². The lowest BCUT2D eigenvalue weighted by Crippen LogP contribution is -2.21. The quantitative estimate of drug-likeness (QED) is 0.754. The third-order valence-corrected chi connectivity index (χ3v) is 3.68. The van der Waals surface area contributed by atoms with Crippen LogP contribution in [0.3, 0.4) is 0 Å². The van der Waals surface area contributed by atoms with Crippen LogP contribution in [0.15, 0.2) is 12.4 Å². The van der Waals surface area contributed by atoms with Crippen molar-refractivity contribution in [2.75, 3.05) is 25.1 Å². The molecular weight excluding hydrogens is 202 g/mol. The van der Waals surface area contributed by atoms with E-state index >= 15 is 0 Å². The molecule has 1 radical (unpaired) electrons. The largest absolute Gasteiger partial charge is 0.481 e. The molecule has 1 aliphatic heterocycles. The van der Waals surface area contributed by atoms with E-state index in [0.29, 0.717) is 5.88 Å². The molecule has 2 atom stereocenters. The zero-order valence-electron chi connectivity index (χ0n) is 9.47. The summed E-state index contributed by atoms with van der Waals surface area (Å²) >= 11 is 0. The van der Waals surface area contributed by atoms with Crippen molar-refractivity contribution < 1.29 is 4.74 Å². The topological polar surface area (TPSA) is 38.2 Å². The van der Waals surface area contributed by atoms with Gasteiger partial charge in [-0.05, 0) is 31.1 Å². The fourth-order valence-corrected chi connectivity index (χ4v) is 2.80. The van der Waals surface area contributed by atoms with Crippen molar-refractivity contribution in [1.29, 1.82) is 0 Å². The van der Waals surface area contributed by atoms with Crippen LogP contribution in [0.1, 0.15) is 12.8 Å². The Balaban J connectivity index is 1.78. The third kappa shape index (κ3) is 1.62. The van der Waals surface area contributed by atoms with E-state index in [2.05, 4.69) is 21.3 Å². The van der Waals surface area contributed by atoms with Crippen molar-refractivity contribution >= 4 is 5.82 Å². The number of rotatable bonds is 2. The Kier molecular flexibility index (Phi) is 2.42. The summed E-state index contributed by atoms with van der Waals surface area (Å²) in [6, 6.07) is 1.92. The van der Waals surface area contributed by atoms with Crippen molar-refractivity contribution in [1.82, 2.24) is 9.97 Å². The second-order valence-corrected chi connectivity index (χ2v) is 4.60. The average molecular weight is 218 g/mol. The molecule has 0 N–H and O–H groups in total. The Morgan fingerprint density at radius 2 is 2.00 bits per heavy atom. The molecule has 16 heavy (non-hydrogen) atoms. The first-order valence-corrected chi connectivity index (χ1v) is 5.79. The molecule has 1 saturated heterocycles. The Bertz CT molecular complexity index is 370. The first kappa shape index (κ1) is 9.87. The Hall–Kier alpha value is -1.32. The van der Waals surface area contributed by atoms with Gasteiger partial charge in [0.05, 0.1) is 7.11 Å². The molecule has 3 rings (SSSR count). The van der Waals surface area contributed by atoms with Crippen molar-refractivity contribution in [3.63, 3.8) is 0 Å². The molecule has 1 aliphatic carbocycles. The maximum atomic E-state index is 5.12. The summed E-state index contributed by atoms with van der Waals surface area (Å²) in [6.45, 7) is 2.25. The van der Waals surface area contributed by atoms with Crippen LogP contribution < -0.4 is 9.64 Å². The highest BCUT2D eigenvalue weighted by Gasteiger charge is 2.36. The van der Waals surface area contributed by atoms with Crippen LogP contribution >= 0.6 is 0 Å². The molecular formula is C12H16N3O. The van der Waals surface area contributed by atoms with Gasteiger partial charge < -0.3 is 9.64 Å². The molecule has 0 amide bonds. The van der Waals surface area contributed by atoms with Gasteiger partial charge >= 0.3 is 0 Å². The van der Waals surface area contributed by atoms with Crippen LogP contribution in [0.25, 0.3) is 0 Å². The highest BCUT2D eigenvalue weighted by atomic mass is 16.5. The van der Waals surface area contributed by atoms with E-state index in [9.17, 15) is 0 Å². The first-order chi connectivity index (χ1) is 7.86. The number of aromatic nitrogens is 2. The summed E-state index contributed by atoms with van der Waals surface area (Å²) in [6.07, 6.45) is 6.54. The minimum absolute atomic E-state index is 0.647. The SMILES string of the molecule is COc1cc(N2CC3C[CH]CC3C2)ncn1. The Labute approximate surface area is 95.7 Å². The van der Waals surface area contributed by atoms with E-state index in [1.165, 1.54) is 12.8 Å². The number of methoxy groups -OCH3 is 1. The number of fused-ring (bicyclic) bond motifs is 1. The van der Waals surface area contributed by atoms with Gasteiger partial charge in [0, 0.05) is 19.2 Å². The lowest BCUT2D eigenvalue weighted by Gasteiger charge is -2.18. The van der Waals surface area contributed by atoms with Gasteiger partial charge in [-0.1, -0.05) is 0 Å². The van der Waals surface area contributed by atoms with Crippen LogP contribution in [0, 0.1) is 18.3 Å². The van der Waals surface area contributed by atoms with Crippen molar-refractivity contribution in [2.45, 2.75) is 12.8 Å². The van der Waals surface area contributed by atoms with Gasteiger partial charge in [-0.3, -0.25) is 0 Å². The summed E-state index contributed by atoms with van der Waals surface area (Å²) in [5, 5.41) is 0. The standard InChI is InChI=1S/C12H16N3O/c1-16-12-5-11(13-8-14-12)15-6-9-3-2-4-10(9)7-15/h2,5,8-10H,3-4,6-7H2,1H3. The van der Waals surface area contributed by atoms with E-state index in [1.807, 2.05) is 6.07 Å². The van der Waals surface area contributed by atoms with Crippen LogP contribution in [-0.2, 0) is 0 Å². The lowest BCUT2D eigenvalue weighted by molar-refractivity contribution is 0.397. The number of ether oxygens (including phenoxy) is 1. The zero-order chi connectivity index (χ0) is 11.0. The van der Waals surface area contributed by atoms with E-state index in [1.54, 1.807) is 13.4 Å². The first-order valence-electron chi connectivity index (χ1n) is 5.79. The van der Waals surface area contributed by atoms with E-state index in [0.717, 1.165) is 30.7 Å². The molecule has 1 aromatic heterocycles. The molecule has 4 heteroatoms. The summed E-state index contributed by atoms with van der Waals surface area (Å²) in [5.41, 5.74) is 0. The predicted molar refractivity (Wildman–Crippen MR) is 61.3 cm³/mol. The van der Waals surface area contributed by atoms with Gasteiger partial charge in [-0.2, -0.15) is 0 Å². The number of anilines is 1. The zero-order valence-corrected chi connectivity index (χ0v) is 9.47. The Morgan fingerprint density at radius 3 is 2.69 bits per heavy atom. The van der Waals surface area contributed by atoms with Crippen molar-refractivity contribution in [2.24, 2.45) is 11.8 Å². The second-order valence-electron chi connectivity index (χ2n) is 4.60. The number of hydrogen-bond acceptors (Lipinski definition) is 4. The number of nitrogens with zero attached hydrogens (tertiary/aromatic N) is 3. The Morgan fingerprint density at radius 1 is 1.25 bits per heavy atom. The molecule has 1 aromatic rings. The molecule has 0 bridgehead atoms. The van der Waals surface area contributed by atoms with Gasteiger partial charge in [0.2, 0.25) is 5.88 Å². The molecule has 1 saturated carbocycles. The molecule has 4 nitrogen and oxygen atoms in total. The van der Waals surface area contributed by atoms with Gasteiger partial charge in [-0.15, -0.1) is 0 Å². The summed E-state index contributed by atoms with van der Waals surface area (Å²) < 4.78 is 5.12. The summed E-state index contributed by atoms with van der Waals surface area (Å²) in [7, 11) is 1.64. The highest BCUT2D eigenvalue weighted by molar-refractivity contribution is 5.42.